The Morgan fingerprint density at radius 1 is 0.818 bits per heavy atom. The van der Waals surface area contributed by atoms with Gasteiger partial charge in [0.15, 0.2) is 11.1 Å². The van der Waals surface area contributed by atoms with Crippen LogP contribution >= 0.6 is 0 Å². The van der Waals surface area contributed by atoms with E-state index in [9.17, 15) is 19.8 Å². The van der Waals surface area contributed by atoms with E-state index in [0.29, 0.717) is 12.8 Å². The highest BCUT2D eigenvalue weighted by Gasteiger charge is 2.42. The van der Waals surface area contributed by atoms with E-state index in [4.69, 9.17) is 0 Å². The van der Waals surface area contributed by atoms with E-state index >= 15 is 0 Å². The molecule has 0 aliphatic carbocycles. The fourth-order valence-corrected chi connectivity index (χ4v) is 2.62. The van der Waals surface area contributed by atoms with Crippen molar-refractivity contribution in [3.8, 4) is 0 Å². The smallest absolute Gasteiger partial charge is 0.333 e. The van der Waals surface area contributed by atoms with Crippen LogP contribution in [0.25, 0.3) is 0 Å². The van der Waals surface area contributed by atoms with Gasteiger partial charge in [0.1, 0.15) is 0 Å². The Morgan fingerprint density at radius 3 is 1.23 bits per heavy atom. The van der Waals surface area contributed by atoms with Crippen molar-refractivity contribution in [3.05, 3.63) is 0 Å². The molecule has 2 atom stereocenters. The third-order valence-electron chi connectivity index (χ3n) is 3.89. The third kappa shape index (κ3) is 5.07. The second kappa shape index (κ2) is 8.25. The standard InChI is InChI=1S/C16H30N2O4/c1-7-15(13(19)20,9-11(3)4)17-18-16(8-2,14(21)22)10-12(5)6/h11-12H,7-10H2,1-6H3,(H,19,20)(H,21,22). The maximum Gasteiger partial charge on any atom is 0.333 e. The van der Waals surface area contributed by atoms with Gasteiger partial charge >= 0.3 is 11.9 Å². The van der Waals surface area contributed by atoms with E-state index in [-0.39, 0.29) is 24.7 Å². The second-order valence-electron chi connectivity index (χ2n) is 6.78. The van der Waals surface area contributed by atoms with Crippen LogP contribution in [0, 0.1) is 11.8 Å². The van der Waals surface area contributed by atoms with Gasteiger partial charge in [0.2, 0.25) is 0 Å². The quantitative estimate of drug-likeness (QED) is 0.595. The Morgan fingerprint density at radius 2 is 1.09 bits per heavy atom. The predicted molar refractivity (Wildman–Crippen MR) is 85.1 cm³/mol. The average Bonchev–Trinajstić information content (AvgIpc) is 2.40. The van der Waals surface area contributed by atoms with E-state index in [1.165, 1.54) is 0 Å². The van der Waals surface area contributed by atoms with Crippen LogP contribution in [0.3, 0.4) is 0 Å². The number of hydrogen-bond acceptors (Lipinski definition) is 4. The SMILES string of the molecule is CCC(CC(C)C)(N=NC(CC)(CC(C)C)C(=O)O)C(=O)O. The van der Waals surface area contributed by atoms with Crippen LogP contribution in [0.15, 0.2) is 10.2 Å². The second-order valence-corrected chi connectivity index (χ2v) is 6.78. The highest BCUT2D eigenvalue weighted by molar-refractivity contribution is 5.80. The lowest BCUT2D eigenvalue weighted by Crippen LogP contribution is -2.41. The molecule has 0 fully saturated rings. The van der Waals surface area contributed by atoms with Gasteiger partial charge in [0, 0.05) is 0 Å². The predicted octanol–water partition coefficient (Wildman–Crippen LogP) is 4.00. The first-order valence-electron chi connectivity index (χ1n) is 7.96. The summed E-state index contributed by atoms with van der Waals surface area (Å²) in [6.07, 6.45) is 1.24. The van der Waals surface area contributed by atoms with E-state index in [0.717, 1.165) is 0 Å². The van der Waals surface area contributed by atoms with Crippen LogP contribution in [0.1, 0.15) is 67.2 Å². The van der Waals surface area contributed by atoms with Crippen molar-refractivity contribution in [2.45, 2.75) is 78.3 Å². The molecule has 0 amide bonds. The van der Waals surface area contributed by atoms with Crippen LogP contribution in [0.5, 0.6) is 0 Å². The van der Waals surface area contributed by atoms with Crippen molar-refractivity contribution < 1.29 is 19.8 Å². The van der Waals surface area contributed by atoms with Crippen LogP contribution in [-0.4, -0.2) is 33.2 Å². The molecule has 0 bridgehead atoms. The first-order valence-corrected chi connectivity index (χ1v) is 7.96. The number of hydrogen-bond donors (Lipinski definition) is 2. The van der Waals surface area contributed by atoms with E-state index < -0.39 is 23.0 Å². The Labute approximate surface area is 133 Å². The number of carboxylic acid groups (broad SMARTS) is 2. The summed E-state index contributed by atoms with van der Waals surface area (Å²) in [7, 11) is 0. The summed E-state index contributed by atoms with van der Waals surface area (Å²) < 4.78 is 0. The van der Waals surface area contributed by atoms with E-state index in [1.807, 2.05) is 27.7 Å². The van der Waals surface area contributed by atoms with Crippen molar-refractivity contribution in [2.24, 2.45) is 22.1 Å². The van der Waals surface area contributed by atoms with Crippen molar-refractivity contribution in [1.82, 2.24) is 0 Å². The molecule has 0 saturated heterocycles. The minimum Gasteiger partial charge on any atom is -0.479 e. The van der Waals surface area contributed by atoms with Gasteiger partial charge in [-0.15, -0.1) is 0 Å². The normalized spacial score (nSPS) is 17.6. The minimum absolute atomic E-state index is 0.126. The first kappa shape index (κ1) is 20.5. The molecule has 22 heavy (non-hydrogen) atoms. The lowest BCUT2D eigenvalue weighted by atomic mass is 9.86. The van der Waals surface area contributed by atoms with Gasteiger partial charge in [-0.25, -0.2) is 9.59 Å². The molecule has 2 unspecified atom stereocenters. The Hall–Kier alpha value is -1.46. The van der Waals surface area contributed by atoms with Gasteiger partial charge in [0.05, 0.1) is 0 Å². The number of carbonyl (C=O) groups is 2. The molecule has 0 spiro atoms. The molecule has 0 heterocycles. The van der Waals surface area contributed by atoms with Crippen LogP contribution in [0.4, 0.5) is 0 Å². The van der Waals surface area contributed by atoms with Gasteiger partial charge < -0.3 is 10.2 Å². The Kier molecular flexibility index (Phi) is 7.70. The maximum absolute atomic E-state index is 11.7. The van der Waals surface area contributed by atoms with Crippen molar-refractivity contribution in [1.29, 1.82) is 0 Å². The third-order valence-corrected chi connectivity index (χ3v) is 3.89. The van der Waals surface area contributed by atoms with Gasteiger partial charge in [-0.2, -0.15) is 10.2 Å². The summed E-state index contributed by atoms with van der Waals surface area (Å²) in [5.74, 6) is -1.85. The van der Waals surface area contributed by atoms with Gasteiger partial charge in [-0.05, 0) is 37.5 Å². The topological polar surface area (TPSA) is 99.3 Å². The summed E-state index contributed by atoms with van der Waals surface area (Å²) >= 11 is 0. The number of azo groups is 1. The number of rotatable bonds is 10. The summed E-state index contributed by atoms with van der Waals surface area (Å²) in [6.45, 7) is 11.2. The molecule has 6 nitrogen and oxygen atoms in total. The molecule has 0 aromatic rings. The van der Waals surface area contributed by atoms with Crippen LogP contribution in [0.2, 0.25) is 0 Å². The Bertz CT molecular complexity index is 382. The van der Waals surface area contributed by atoms with Crippen LogP contribution < -0.4 is 0 Å². The average molecular weight is 314 g/mol. The molecular weight excluding hydrogens is 284 g/mol. The lowest BCUT2D eigenvalue weighted by molar-refractivity contribution is -0.147. The van der Waals surface area contributed by atoms with Gasteiger partial charge in [0.25, 0.3) is 0 Å². The maximum atomic E-state index is 11.7. The molecule has 0 aliphatic heterocycles. The van der Waals surface area contributed by atoms with E-state index in [1.54, 1.807) is 13.8 Å². The summed E-state index contributed by atoms with van der Waals surface area (Å²) in [6, 6.07) is 0. The zero-order valence-electron chi connectivity index (χ0n) is 14.6. The molecule has 0 aromatic heterocycles. The van der Waals surface area contributed by atoms with Gasteiger partial charge in [-0.3, -0.25) is 0 Å². The molecule has 6 heteroatoms. The number of nitrogens with zero attached hydrogens (tertiary/aromatic N) is 2. The highest BCUT2D eigenvalue weighted by atomic mass is 16.4. The minimum atomic E-state index is -1.35. The molecule has 0 rings (SSSR count). The molecule has 128 valence electrons. The molecular formula is C16H30N2O4. The molecule has 0 saturated carbocycles. The number of aliphatic carboxylic acids is 2. The van der Waals surface area contributed by atoms with E-state index in [2.05, 4.69) is 10.2 Å². The molecule has 0 aliphatic rings. The summed E-state index contributed by atoms with van der Waals surface area (Å²) in [5.41, 5.74) is -2.69. The number of carboxylic acids is 2. The zero-order valence-corrected chi connectivity index (χ0v) is 14.6. The molecule has 0 aromatic carbocycles. The first-order chi connectivity index (χ1) is 10.0. The van der Waals surface area contributed by atoms with Crippen molar-refractivity contribution in [2.75, 3.05) is 0 Å². The summed E-state index contributed by atoms with van der Waals surface area (Å²) in [4.78, 5) is 23.4. The zero-order chi connectivity index (χ0) is 17.6. The molecule has 2 N–H and O–H groups in total. The van der Waals surface area contributed by atoms with Crippen LogP contribution in [-0.2, 0) is 9.59 Å². The van der Waals surface area contributed by atoms with Crippen molar-refractivity contribution in [3.63, 3.8) is 0 Å². The largest absolute Gasteiger partial charge is 0.479 e. The summed E-state index contributed by atoms with van der Waals surface area (Å²) in [5, 5.41) is 27.3. The fraction of sp³-hybridized carbons (Fsp3) is 0.875. The van der Waals surface area contributed by atoms with Crippen molar-refractivity contribution >= 4 is 11.9 Å². The fourth-order valence-electron chi connectivity index (χ4n) is 2.62. The highest BCUT2D eigenvalue weighted by Crippen LogP contribution is 2.31. The van der Waals surface area contributed by atoms with Gasteiger partial charge in [-0.1, -0.05) is 41.5 Å². The Balaban J connectivity index is 5.75. The molecule has 0 radical (unpaired) electrons. The monoisotopic (exact) mass is 314 g/mol. The lowest BCUT2D eigenvalue weighted by Gasteiger charge is -2.29.